The van der Waals surface area contributed by atoms with Crippen molar-refractivity contribution >= 4 is 0 Å². The maximum absolute atomic E-state index is 12.6. The maximum atomic E-state index is 12.6. The molecule has 2 rings (SSSR count). The first-order chi connectivity index (χ1) is 10.4. The van der Waals surface area contributed by atoms with E-state index in [0.717, 1.165) is 6.42 Å². The van der Waals surface area contributed by atoms with Gasteiger partial charge in [0.15, 0.2) is 0 Å². The van der Waals surface area contributed by atoms with Gasteiger partial charge in [0.1, 0.15) is 5.82 Å². The summed E-state index contributed by atoms with van der Waals surface area (Å²) in [7, 11) is 0. The fourth-order valence-electron chi connectivity index (χ4n) is 3.05. The van der Waals surface area contributed by atoms with Crippen molar-refractivity contribution in [3.63, 3.8) is 0 Å². The van der Waals surface area contributed by atoms with Crippen molar-refractivity contribution in [2.75, 3.05) is 26.2 Å². The first-order valence-electron chi connectivity index (χ1n) is 7.74. The van der Waals surface area contributed by atoms with Gasteiger partial charge in [-0.2, -0.15) is 0 Å². The van der Waals surface area contributed by atoms with Gasteiger partial charge in [-0.15, -0.1) is 0 Å². The predicted octanol–water partition coefficient (Wildman–Crippen LogP) is 1.80. The Hall–Kier alpha value is -1.34. The number of nitrogens with one attached hydrogen (secondary N) is 1. The number of aryl methyl sites for hydroxylation is 1. The van der Waals surface area contributed by atoms with Gasteiger partial charge in [-0.1, -0.05) is 6.92 Å². The monoisotopic (exact) mass is 314 g/mol. The lowest BCUT2D eigenvalue weighted by Gasteiger charge is -2.43. The molecule has 2 heterocycles. The second kappa shape index (κ2) is 7.28. The summed E-state index contributed by atoms with van der Waals surface area (Å²) in [4.78, 5) is 22.8. The van der Waals surface area contributed by atoms with Crippen LogP contribution in [0.15, 0.2) is 10.9 Å². The predicted molar refractivity (Wildman–Crippen MR) is 81.2 cm³/mol. The summed E-state index contributed by atoms with van der Waals surface area (Å²) in [5, 5.41) is 0. The minimum absolute atomic E-state index is 0.0321. The number of rotatable bonds is 5. The van der Waals surface area contributed by atoms with Crippen LogP contribution in [0, 0.1) is 6.92 Å². The number of piperazine rings is 1. The van der Waals surface area contributed by atoms with Crippen molar-refractivity contribution in [3.8, 4) is 0 Å². The minimum Gasteiger partial charge on any atom is -0.309 e. The van der Waals surface area contributed by atoms with Crippen LogP contribution in [-0.2, 0) is 0 Å². The molecule has 0 bridgehead atoms. The van der Waals surface area contributed by atoms with E-state index in [4.69, 9.17) is 0 Å². The number of aromatic amines is 1. The Labute approximate surface area is 129 Å². The zero-order chi connectivity index (χ0) is 16.3. The van der Waals surface area contributed by atoms with Gasteiger partial charge in [0.05, 0.1) is 12.6 Å². The lowest BCUT2D eigenvalue weighted by Crippen LogP contribution is -2.54. The van der Waals surface area contributed by atoms with Crippen LogP contribution in [-0.4, -0.2) is 58.4 Å². The Morgan fingerprint density at radius 1 is 1.45 bits per heavy atom. The normalized spacial score (nSPS) is 22.2. The van der Waals surface area contributed by atoms with Crippen molar-refractivity contribution < 1.29 is 8.78 Å². The summed E-state index contributed by atoms with van der Waals surface area (Å²) in [6, 6.07) is 1.54. The van der Waals surface area contributed by atoms with Crippen molar-refractivity contribution in [1.29, 1.82) is 0 Å². The van der Waals surface area contributed by atoms with Crippen LogP contribution in [0.3, 0.4) is 0 Å². The Kier molecular flexibility index (Phi) is 5.63. The number of halogens is 2. The van der Waals surface area contributed by atoms with E-state index >= 15 is 0 Å². The van der Waals surface area contributed by atoms with Gasteiger partial charge in [0.25, 0.3) is 12.0 Å². The SMILES string of the molecule is CC[C@H]1CN([C@H](C)c2nc(C)cc(=O)[nH]2)CCN1CC(F)F. The molecule has 1 saturated heterocycles. The fourth-order valence-corrected chi connectivity index (χ4v) is 3.05. The standard InChI is InChI=1S/C15H24F2N4O/c1-4-12-8-20(5-6-21(12)9-13(16)17)11(3)15-18-10(2)7-14(22)19-15/h7,11-13H,4-6,8-9H2,1-3H3,(H,18,19,22)/t11-,12+/m1/s1. The van der Waals surface area contributed by atoms with Crippen molar-refractivity contribution in [2.24, 2.45) is 0 Å². The largest absolute Gasteiger partial charge is 0.309 e. The van der Waals surface area contributed by atoms with Gasteiger partial charge in [0.2, 0.25) is 0 Å². The Bertz CT molecular complexity index is 549. The van der Waals surface area contributed by atoms with Crippen LogP contribution in [0.1, 0.15) is 37.8 Å². The minimum atomic E-state index is -2.30. The molecule has 7 heteroatoms. The molecule has 0 spiro atoms. The zero-order valence-corrected chi connectivity index (χ0v) is 13.4. The van der Waals surface area contributed by atoms with Crippen LogP contribution >= 0.6 is 0 Å². The van der Waals surface area contributed by atoms with Gasteiger partial charge in [0, 0.05) is 37.4 Å². The summed E-state index contributed by atoms with van der Waals surface area (Å²) in [6.07, 6.45) is -1.47. The molecule has 1 aromatic heterocycles. The molecule has 22 heavy (non-hydrogen) atoms. The molecular formula is C15H24F2N4O. The summed E-state index contributed by atoms with van der Waals surface area (Å²) >= 11 is 0. The van der Waals surface area contributed by atoms with E-state index in [9.17, 15) is 13.6 Å². The Balaban J connectivity index is 2.08. The average Bonchev–Trinajstić information content (AvgIpc) is 2.45. The molecule has 1 aliphatic heterocycles. The van der Waals surface area contributed by atoms with Gasteiger partial charge in [-0.3, -0.25) is 14.6 Å². The third-order valence-electron chi connectivity index (χ3n) is 4.31. The highest BCUT2D eigenvalue weighted by Gasteiger charge is 2.30. The molecule has 124 valence electrons. The first kappa shape index (κ1) is 17.0. The van der Waals surface area contributed by atoms with E-state index < -0.39 is 6.43 Å². The first-order valence-corrected chi connectivity index (χ1v) is 7.74. The van der Waals surface area contributed by atoms with E-state index in [2.05, 4.69) is 14.9 Å². The van der Waals surface area contributed by atoms with Gasteiger partial charge in [-0.25, -0.2) is 13.8 Å². The van der Waals surface area contributed by atoms with E-state index in [1.54, 1.807) is 6.92 Å². The van der Waals surface area contributed by atoms with E-state index in [-0.39, 0.29) is 24.2 Å². The third-order valence-corrected chi connectivity index (χ3v) is 4.31. The average molecular weight is 314 g/mol. The Morgan fingerprint density at radius 2 is 2.18 bits per heavy atom. The molecule has 0 aromatic carbocycles. The summed E-state index contributed by atoms with van der Waals surface area (Å²) in [6.45, 7) is 7.66. The molecule has 0 aliphatic carbocycles. The highest BCUT2D eigenvalue weighted by molar-refractivity contribution is 5.04. The van der Waals surface area contributed by atoms with Gasteiger partial charge in [-0.05, 0) is 20.3 Å². The second-order valence-corrected chi connectivity index (χ2v) is 5.89. The van der Waals surface area contributed by atoms with Crippen LogP contribution in [0.5, 0.6) is 0 Å². The third kappa shape index (κ3) is 4.10. The van der Waals surface area contributed by atoms with Crippen LogP contribution in [0.4, 0.5) is 8.78 Å². The molecule has 1 aromatic rings. The summed E-state index contributed by atoms with van der Waals surface area (Å²) in [5.74, 6) is 0.641. The summed E-state index contributed by atoms with van der Waals surface area (Å²) in [5.41, 5.74) is 0.534. The molecule has 0 unspecified atom stereocenters. The Morgan fingerprint density at radius 3 is 2.77 bits per heavy atom. The lowest BCUT2D eigenvalue weighted by molar-refractivity contribution is 0.00672. The smallest absolute Gasteiger partial charge is 0.251 e. The number of hydrogen-bond donors (Lipinski definition) is 1. The highest BCUT2D eigenvalue weighted by Crippen LogP contribution is 2.22. The van der Waals surface area contributed by atoms with Crippen LogP contribution < -0.4 is 5.56 Å². The van der Waals surface area contributed by atoms with Gasteiger partial charge < -0.3 is 4.98 Å². The molecule has 2 atom stereocenters. The molecule has 0 amide bonds. The molecule has 1 aliphatic rings. The topological polar surface area (TPSA) is 52.2 Å². The highest BCUT2D eigenvalue weighted by atomic mass is 19.3. The number of H-pyrrole nitrogens is 1. The second-order valence-electron chi connectivity index (χ2n) is 5.89. The molecule has 0 radical (unpaired) electrons. The lowest BCUT2D eigenvalue weighted by atomic mass is 10.1. The maximum Gasteiger partial charge on any atom is 0.251 e. The van der Waals surface area contributed by atoms with Gasteiger partial charge >= 0.3 is 0 Å². The number of hydrogen-bond acceptors (Lipinski definition) is 4. The van der Waals surface area contributed by atoms with Crippen LogP contribution in [0.2, 0.25) is 0 Å². The van der Waals surface area contributed by atoms with E-state index in [1.165, 1.54) is 6.07 Å². The van der Waals surface area contributed by atoms with Crippen molar-refractivity contribution in [2.45, 2.75) is 45.7 Å². The molecule has 0 saturated carbocycles. The van der Waals surface area contributed by atoms with Crippen molar-refractivity contribution in [3.05, 3.63) is 27.9 Å². The molecule has 1 N–H and O–H groups in total. The van der Waals surface area contributed by atoms with E-state index in [1.807, 2.05) is 18.7 Å². The molecular weight excluding hydrogens is 290 g/mol. The fraction of sp³-hybridized carbons (Fsp3) is 0.733. The summed E-state index contributed by atoms with van der Waals surface area (Å²) < 4.78 is 25.3. The molecule has 1 fully saturated rings. The number of nitrogens with zero attached hydrogens (tertiary/aromatic N) is 3. The van der Waals surface area contributed by atoms with Crippen LogP contribution in [0.25, 0.3) is 0 Å². The van der Waals surface area contributed by atoms with E-state index in [0.29, 0.717) is 31.2 Å². The molecule has 5 nitrogen and oxygen atoms in total. The quantitative estimate of drug-likeness (QED) is 0.900. The number of alkyl halides is 2. The number of aromatic nitrogens is 2. The zero-order valence-electron chi connectivity index (χ0n) is 13.4. The van der Waals surface area contributed by atoms with Crippen molar-refractivity contribution in [1.82, 2.24) is 19.8 Å².